The molecular formula is C14H10F4N2. The first-order valence-electron chi connectivity index (χ1n) is 5.67. The van der Waals surface area contributed by atoms with Crippen LogP contribution in [0.3, 0.4) is 0 Å². The van der Waals surface area contributed by atoms with Crippen molar-refractivity contribution in [3.05, 3.63) is 65.5 Å². The fourth-order valence-corrected chi connectivity index (χ4v) is 1.50. The minimum Gasteiger partial charge on any atom is -0.279 e. The number of hydrogen-bond acceptors (Lipinski definition) is 2. The summed E-state index contributed by atoms with van der Waals surface area (Å²) in [5.74, 6) is -0.377. The van der Waals surface area contributed by atoms with E-state index >= 15 is 0 Å². The molecule has 20 heavy (non-hydrogen) atoms. The largest absolute Gasteiger partial charge is 0.416 e. The molecule has 2 aromatic rings. The van der Waals surface area contributed by atoms with Gasteiger partial charge in [-0.3, -0.25) is 5.43 Å². The minimum atomic E-state index is -4.38. The van der Waals surface area contributed by atoms with Crippen LogP contribution in [0.4, 0.5) is 23.2 Å². The average Bonchev–Trinajstić information content (AvgIpc) is 2.40. The Balaban J connectivity index is 2.06. The van der Waals surface area contributed by atoms with Gasteiger partial charge in [0.15, 0.2) is 0 Å². The summed E-state index contributed by atoms with van der Waals surface area (Å²) in [6.45, 7) is 0. The third kappa shape index (κ3) is 3.81. The van der Waals surface area contributed by atoms with Gasteiger partial charge in [-0.15, -0.1) is 0 Å². The first-order valence-corrected chi connectivity index (χ1v) is 5.67. The van der Waals surface area contributed by atoms with Crippen molar-refractivity contribution in [1.29, 1.82) is 0 Å². The topological polar surface area (TPSA) is 24.4 Å². The van der Waals surface area contributed by atoms with E-state index in [2.05, 4.69) is 10.5 Å². The molecule has 0 aliphatic carbocycles. The summed E-state index contributed by atoms with van der Waals surface area (Å²) in [5, 5.41) is 3.80. The highest BCUT2D eigenvalue weighted by molar-refractivity contribution is 5.80. The van der Waals surface area contributed by atoms with Crippen LogP contribution in [0, 0.1) is 5.82 Å². The van der Waals surface area contributed by atoms with Crippen LogP contribution in [0.1, 0.15) is 11.1 Å². The van der Waals surface area contributed by atoms with E-state index < -0.39 is 11.7 Å². The van der Waals surface area contributed by atoms with Gasteiger partial charge >= 0.3 is 6.18 Å². The normalized spacial score (nSPS) is 11.8. The molecule has 2 rings (SSSR count). The zero-order valence-electron chi connectivity index (χ0n) is 10.2. The zero-order chi connectivity index (χ0) is 14.6. The fraction of sp³-hybridized carbons (Fsp3) is 0.0714. The number of rotatable bonds is 3. The van der Waals surface area contributed by atoms with Crippen molar-refractivity contribution in [2.75, 3.05) is 5.43 Å². The minimum absolute atomic E-state index is 0.314. The second-order valence-electron chi connectivity index (χ2n) is 4.00. The summed E-state index contributed by atoms with van der Waals surface area (Å²) >= 11 is 0. The molecule has 0 saturated carbocycles. The number of hydrogen-bond donors (Lipinski definition) is 1. The average molecular weight is 282 g/mol. The van der Waals surface area contributed by atoms with E-state index in [1.54, 1.807) is 0 Å². The van der Waals surface area contributed by atoms with Gasteiger partial charge in [0, 0.05) is 0 Å². The Labute approximate surface area is 112 Å². The van der Waals surface area contributed by atoms with Crippen LogP contribution >= 0.6 is 0 Å². The lowest BCUT2D eigenvalue weighted by atomic mass is 10.1. The quantitative estimate of drug-likeness (QED) is 0.507. The molecule has 0 heterocycles. The van der Waals surface area contributed by atoms with E-state index in [4.69, 9.17) is 0 Å². The third-order valence-electron chi connectivity index (χ3n) is 2.47. The lowest BCUT2D eigenvalue weighted by Crippen LogP contribution is -2.05. The zero-order valence-corrected chi connectivity index (χ0v) is 10.2. The lowest BCUT2D eigenvalue weighted by molar-refractivity contribution is -0.137. The number of alkyl halides is 3. The van der Waals surface area contributed by atoms with Crippen LogP contribution in [0.2, 0.25) is 0 Å². The van der Waals surface area contributed by atoms with E-state index in [1.165, 1.54) is 42.6 Å². The predicted octanol–water partition coefficient (Wildman–Crippen LogP) is 4.29. The number of hydrazone groups is 1. The molecule has 0 bridgehead atoms. The highest BCUT2D eigenvalue weighted by Gasteiger charge is 2.30. The summed E-state index contributed by atoms with van der Waals surface area (Å²) in [6.07, 6.45) is -3.12. The van der Waals surface area contributed by atoms with Gasteiger partial charge in [-0.05, 0) is 42.0 Å². The molecule has 2 nitrogen and oxygen atoms in total. The van der Waals surface area contributed by atoms with E-state index in [0.717, 1.165) is 12.1 Å². The molecule has 0 aromatic heterocycles. The number of benzene rings is 2. The molecule has 0 unspecified atom stereocenters. The molecule has 0 aliphatic heterocycles. The van der Waals surface area contributed by atoms with E-state index in [-0.39, 0.29) is 5.82 Å². The van der Waals surface area contributed by atoms with Crippen molar-refractivity contribution in [3.8, 4) is 0 Å². The monoisotopic (exact) mass is 282 g/mol. The van der Waals surface area contributed by atoms with Crippen LogP contribution < -0.4 is 5.43 Å². The van der Waals surface area contributed by atoms with Crippen molar-refractivity contribution >= 4 is 11.9 Å². The van der Waals surface area contributed by atoms with Crippen molar-refractivity contribution in [1.82, 2.24) is 0 Å². The van der Waals surface area contributed by atoms with Gasteiger partial charge in [0.05, 0.1) is 17.5 Å². The summed E-state index contributed by atoms with van der Waals surface area (Å²) in [6, 6.07) is 10.2. The highest BCUT2D eigenvalue weighted by atomic mass is 19.4. The Bertz CT molecular complexity index is 603. The van der Waals surface area contributed by atoms with Gasteiger partial charge in [0.2, 0.25) is 0 Å². The molecule has 0 saturated heterocycles. The van der Waals surface area contributed by atoms with Crippen molar-refractivity contribution in [3.63, 3.8) is 0 Å². The first-order chi connectivity index (χ1) is 9.45. The Morgan fingerprint density at radius 1 is 1.00 bits per heavy atom. The standard InChI is InChI=1S/C14H10F4N2/c15-12-4-6-13(7-5-12)20-19-9-10-2-1-3-11(8-10)14(16,17)18/h1-9,20H. The van der Waals surface area contributed by atoms with Gasteiger partial charge in [0.1, 0.15) is 5.82 Å². The van der Waals surface area contributed by atoms with E-state index in [0.29, 0.717) is 11.3 Å². The van der Waals surface area contributed by atoms with Crippen molar-refractivity contribution in [2.24, 2.45) is 5.10 Å². The second-order valence-corrected chi connectivity index (χ2v) is 4.00. The summed E-state index contributed by atoms with van der Waals surface area (Å²) < 4.78 is 50.1. The van der Waals surface area contributed by atoms with Crippen LogP contribution in [0.5, 0.6) is 0 Å². The van der Waals surface area contributed by atoms with Gasteiger partial charge in [-0.2, -0.15) is 18.3 Å². The van der Waals surface area contributed by atoms with Gasteiger partial charge in [0.25, 0.3) is 0 Å². The first kappa shape index (κ1) is 14.0. The molecule has 0 aliphatic rings. The Morgan fingerprint density at radius 3 is 2.35 bits per heavy atom. The molecule has 0 radical (unpaired) electrons. The van der Waals surface area contributed by atoms with E-state index in [9.17, 15) is 17.6 Å². The molecular weight excluding hydrogens is 272 g/mol. The van der Waals surface area contributed by atoms with E-state index in [1.807, 2.05) is 0 Å². The van der Waals surface area contributed by atoms with Gasteiger partial charge in [-0.1, -0.05) is 12.1 Å². The Hall–Kier alpha value is -2.37. The SMILES string of the molecule is Fc1ccc(NN=Cc2cccc(C(F)(F)F)c2)cc1. The molecule has 0 atom stereocenters. The smallest absolute Gasteiger partial charge is 0.279 e. The number of anilines is 1. The molecule has 6 heteroatoms. The van der Waals surface area contributed by atoms with Gasteiger partial charge < -0.3 is 0 Å². The number of halogens is 4. The molecule has 0 fully saturated rings. The molecule has 104 valence electrons. The predicted molar refractivity (Wildman–Crippen MR) is 69.1 cm³/mol. The maximum Gasteiger partial charge on any atom is 0.416 e. The molecule has 1 N–H and O–H groups in total. The van der Waals surface area contributed by atoms with Crippen LogP contribution in [0.15, 0.2) is 53.6 Å². The Morgan fingerprint density at radius 2 is 1.70 bits per heavy atom. The summed E-state index contributed by atoms with van der Waals surface area (Å²) in [5.41, 5.74) is 2.72. The third-order valence-corrected chi connectivity index (χ3v) is 2.47. The summed E-state index contributed by atoms with van der Waals surface area (Å²) in [7, 11) is 0. The van der Waals surface area contributed by atoms with Crippen LogP contribution in [0.25, 0.3) is 0 Å². The van der Waals surface area contributed by atoms with Gasteiger partial charge in [-0.25, -0.2) is 4.39 Å². The van der Waals surface area contributed by atoms with Crippen molar-refractivity contribution < 1.29 is 17.6 Å². The second kappa shape index (κ2) is 5.73. The maximum atomic E-state index is 12.7. The fourth-order valence-electron chi connectivity index (χ4n) is 1.50. The maximum absolute atomic E-state index is 12.7. The van der Waals surface area contributed by atoms with Crippen LogP contribution in [-0.4, -0.2) is 6.21 Å². The van der Waals surface area contributed by atoms with Crippen LogP contribution in [-0.2, 0) is 6.18 Å². The van der Waals surface area contributed by atoms with Crippen molar-refractivity contribution in [2.45, 2.75) is 6.18 Å². The Kier molecular flexibility index (Phi) is 4.02. The molecule has 0 spiro atoms. The lowest BCUT2D eigenvalue weighted by Gasteiger charge is -2.06. The molecule has 2 aromatic carbocycles. The highest BCUT2D eigenvalue weighted by Crippen LogP contribution is 2.29. The summed E-state index contributed by atoms with van der Waals surface area (Å²) in [4.78, 5) is 0. The number of nitrogens with zero attached hydrogens (tertiary/aromatic N) is 1. The molecule has 0 amide bonds. The number of nitrogens with one attached hydrogen (secondary N) is 1.